The van der Waals surface area contributed by atoms with Gasteiger partial charge in [0.2, 0.25) is 0 Å². The maximum atomic E-state index is 12.1. The van der Waals surface area contributed by atoms with Gasteiger partial charge < -0.3 is 9.16 Å². The van der Waals surface area contributed by atoms with Gasteiger partial charge in [-0.2, -0.15) is 0 Å². The van der Waals surface area contributed by atoms with Crippen molar-refractivity contribution in [2.75, 3.05) is 13.2 Å². The zero-order valence-corrected chi connectivity index (χ0v) is 17.6. The number of carbonyl (C=O) groups excluding carboxylic acids is 1. The van der Waals surface area contributed by atoms with Gasteiger partial charge in [-0.15, -0.1) is 0 Å². The smallest absolute Gasteiger partial charge is 0.261 e. The molecular weight excluding hydrogens is 352 g/mol. The van der Waals surface area contributed by atoms with Gasteiger partial charge in [0.15, 0.2) is 5.78 Å². The Bertz CT molecular complexity index is 698. The van der Waals surface area contributed by atoms with E-state index in [-0.39, 0.29) is 16.9 Å². The molecule has 2 aromatic carbocycles. The number of ketones is 1. The lowest BCUT2D eigenvalue weighted by atomic mass is 10.1. The third-order valence-electron chi connectivity index (χ3n) is 5.36. The van der Waals surface area contributed by atoms with Crippen LogP contribution in [-0.4, -0.2) is 33.4 Å². The van der Waals surface area contributed by atoms with Crippen LogP contribution in [0.25, 0.3) is 0 Å². The molecule has 3 rings (SSSR count). The molecule has 0 saturated carbocycles. The fourth-order valence-electron chi connectivity index (χ4n) is 4.05. The molecule has 3 nitrogen and oxygen atoms in total. The van der Waals surface area contributed by atoms with Crippen LogP contribution in [-0.2, 0) is 14.0 Å². The summed E-state index contributed by atoms with van der Waals surface area (Å²) in [6.45, 7) is 8.00. The number of hydrogen-bond acceptors (Lipinski definition) is 3. The quantitative estimate of drug-likeness (QED) is 0.715. The number of benzene rings is 2. The van der Waals surface area contributed by atoms with Crippen LogP contribution in [0.4, 0.5) is 0 Å². The highest BCUT2D eigenvalue weighted by molar-refractivity contribution is 6.99. The van der Waals surface area contributed by atoms with Crippen molar-refractivity contribution in [1.82, 2.24) is 0 Å². The van der Waals surface area contributed by atoms with Crippen molar-refractivity contribution in [3.05, 3.63) is 60.7 Å². The second kappa shape index (κ2) is 8.51. The normalized spacial score (nSPS) is 18.5. The van der Waals surface area contributed by atoms with E-state index in [4.69, 9.17) is 9.16 Å². The molecule has 1 atom stereocenters. The summed E-state index contributed by atoms with van der Waals surface area (Å²) in [6.07, 6.45) is 1.79. The van der Waals surface area contributed by atoms with Crippen molar-refractivity contribution in [3.8, 4) is 0 Å². The lowest BCUT2D eigenvalue weighted by Gasteiger charge is -2.43. The Balaban J connectivity index is 1.93. The Kier molecular flexibility index (Phi) is 6.30. The summed E-state index contributed by atoms with van der Waals surface area (Å²) in [5.74, 6) is 0.215. The van der Waals surface area contributed by atoms with Gasteiger partial charge >= 0.3 is 0 Å². The minimum atomic E-state index is -2.52. The monoisotopic (exact) mass is 382 g/mol. The summed E-state index contributed by atoms with van der Waals surface area (Å²) < 4.78 is 12.5. The summed E-state index contributed by atoms with van der Waals surface area (Å²) in [5.41, 5.74) is 0. The Morgan fingerprint density at radius 1 is 1.00 bits per heavy atom. The van der Waals surface area contributed by atoms with Crippen molar-refractivity contribution in [2.45, 2.75) is 51.2 Å². The summed E-state index contributed by atoms with van der Waals surface area (Å²) >= 11 is 0. The van der Waals surface area contributed by atoms with Crippen LogP contribution in [0.3, 0.4) is 0 Å². The van der Waals surface area contributed by atoms with Crippen molar-refractivity contribution in [1.29, 1.82) is 0 Å². The van der Waals surface area contributed by atoms with Crippen LogP contribution in [0.2, 0.25) is 5.04 Å². The Hall–Kier alpha value is -1.75. The summed E-state index contributed by atoms with van der Waals surface area (Å²) in [5, 5.41) is 2.48. The number of rotatable bonds is 6. The van der Waals surface area contributed by atoms with Crippen molar-refractivity contribution in [2.24, 2.45) is 0 Å². The van der Waals surface area contributed by atoms with E-state index in [9.17, 15) is 4.79 Å². The number of Topliss-reactive ketones (excluding diaryl/α,β-unsaturated/α-hetero) is 1. The molecule has 0 N–H and O–H groups in total. The van der Waals surface area contributed by atoms with Gasteiger partial charge in [0, 0.05) is 26.1 Å². The van der Waals surface area contributed by atoms with Crippen molar-refractivity contribution >= 4 is 24.5 Å². The first-order valence-corrected chi connectivity index (χ1v) is 11.8. The van der Waals surface area contributed by atoms with E-state index in [1.165, 1.54) is 10.4 Å². The maximum absolute atomic E-state index is 12.1. The van der Waals surface area contributed by atoms with Crippen LogP contribution in [0.5, 0.6) is 0 Å². The molecule has 144 valence electrons. The molecule has 0 aromatic heterocycles. The first-order valence-electron chi connectivity index (χ1n) is 9.84. The first kappa shape index (κ1) is 20.0. The Morgan fingerprint density at radius 2 is 1.56 bits per heavy atom. The predicted molar refractivity (Wildman–Crippen MR) is 112 cm³/mol. The van der Waals surface area contributed by atoms with Gasteiger partial charge in [-0.1, -0.05) is 81.4 Å². The standard InChI is InChI=1S/C23H30O3Si/c1-23(2,3)27(19-11-6-4-7-12-19,20-13-8-5-9-14-20)26-18-16-22-21(24)15-10-17-25-22/h4-9,11-14,22H,10,15-18H2,1-3H3. The zero-order valence-electron chi connectivity index (χ0n) is 16.6. The van der Waals surface area contributed by atoms with E-state index in [0.717, 1.165) is 6.42 Å². The van der Waals surface area contributed by atoms with E-state index < -0.39 is 8.32 Å². The average Bonchev–Trinajstić information content (AvgIpc) is 2.67. The molecule has 1 aliphatic rings. The maximum Gasteiger partial charge on any atom is 0.261 e. The average molecular weight is 383 g/mol. The molecule has 0 spiro atoms. The highest BCUT2D eigenvalue weighted by Crippen LogP contribution is 2.36. The van der Waals surface area contributed by atoms with Crippen molar-refractivity contribution < 1.29 is 14.0 Å². The number of ether oxygens (including phenoxy) is 1. The summed E-state index contributed by atoms with van der Waals surface area (Å²) in [6, 6.07) is 21.2. The van der Waals surface area contributed by atoms with E-state index in [0.29, 0.717) is 26.1 Å². The Morgan fingerprint density at radius 3 is 2.04 bits per heavy atom. The fraction of sp³-hybridized carbons (Fsp3) is 0.435. The van der Waals surface area contributed by atoms with Gasteiger partial charge in [-0.25, -0.2) is 0 Å². The van der Waals surface area contributed by atoms with Crippen molar-refractivity contribution in [3.63, 3.8) is 0 Å². The van der Waals surface area contributed by atoms with E-state index in [1.54, 1.807) is 0 Å². The molecule has 0 amide bonds. The second-order valence-electron chi connectivity index (χ2n) is 8.23. The molecule has 1 heterocycles. The lowest BCUT2D eigenvalue weighted by Crippen LogP contribution is -2.66. The Labute approximate surface area is 163 Å². The van der Waals surface area contributed by atoms with Gasteiger partial charge in [-0.3, -0.25) is 4.79 Å². The van der Waals surface area contributed by atoms with E-state index >= 15 is 0 Å². The van der Waals surface area contributed by atoms with E-state index in [2.05, 4.69) is 69.3 Å². The lowest BCUT2D eigenvalue weighted by molar-refractivity contribution is -0.136. The van der Waals surface area contributed by atoms with Crippen LogP contribution in [0.1, 0.15) is 40.0 Å². The largest absolute Gasteiger partial charge is 0.407 e. The van der Waals surface area contributed by atoms with Gasteiger partial charge in [0.25, 0.3) is 8.32 Å². The molecule has 0 aliphatic carbocycles. The summed E-state index contributed by atoms with van der Waals surface area (Å²) in [7, 11) is -2.52. The molecule has 4 heteroatoms. The van der Waals surface area contributed by atoms with Crippen LogP contribution < -0.4 is 10.4 Å². The van der Waals surface area contributed by atoms with Gasteiger partial charge in [0.05, 0.1) is 0 Å². The molecule has 1 fully saturated rings. The highest BCUT2D eigenvalue weighted by atomic mass is 28.4. The van der Waals surface area contributed by atoms with Crippen LogP contribution in [0, 0.1) is 0 Å². The SMILES string of the molecule is CC(C)(C)[Si](OCCC1OCCCC1=O)(c1ccccc1)c1ccccc1. The predicted octanol–water partition coefficient (Wildman–Crippen LogP) is 3.70. The highest BCUT2D eigenvalue weighted by Gasteiger charge is 2.50. The molecule has 1 unspecified atom stereocenters. The molecule has 0 bridgehead atoms. The third-order valence-corrected chi connectivity index (χ3v) is 10.4. The zero-order chi connectivity index (χ0) is 19.3. The van der Waals surface area contributed by atoms with E-state index in [1.807, 2.05) is 12.1 Å². The summed E-state index contributed by atoms with van der Waals surface area (Å²) in [4.78, 5) is 12.1. The fourth-order valence-corrected chi connectivity index (χ4v) is 8.63. The minimum Gasteiger partial charge on any atom is -0.407 e. The second-order valence-corrected chi connectivity index (χ2v) is 12.5. The molecular formula is C23H30O3Si. The molecule has 27 heavy (non-hydrogen) atoms. The number of carbonyl (C=O) groups is 1. The van der Waals surface area contributed by atoms with Gasteiger partial charge in [-0.05, 0) is 21.8 Å². The molecule has 1 aliphatic heterocycles. The molecule has 0 radical (unpaired) electrons. The molecule has 1 saturated heterocycles. The molecule has 2 aromatic rings. The first-order chi connectivity index (χ1) is 12.9. The number of hydrogen-bond donors (Lipinski definition) is 0. The minimum absolute atomic E-state index is 0.0485. The van der Waals surface area contributed by atoms with Crippen LogP contribution >= 0.6 is 0 Å². The third kappa shape index (κ3) is 4.23. The topological polar surface area (TPSA) is 35.5 Å². The van der Waals surface area contributed by atoms with Crippen LogP contribution in [0.15, 0.2) is 60.7 Å². The van der Waals surface area contributed by atoms with Gasteiger partial charge in [0.1, 0.15) is 6.10 Å².